The molecule has 0 bridgehead atoms. The second kappa shape index (κ2) is 6.15. The number of fused-ring (bicyclic) bond motifs is 1. The summed E-state index contributed by atoms with van der Waals surface area (Å²) >= 11 is 6.09. The molecule has 1 aliphatic rings. The number of ether oxygens (including phenoxy) is 2. The predicted molar refractivity (Wildman–Crippen MR) is 84.3 cm³/mol. The van der Waals surface area contributed by atoms with Crippen LogP contribution in [0.15, 0.2) is 30.3 Å². The van der Waals surface area contributed by atoms with Crippen molar-refractivity contribution in [1.82, 2.24) is 0 Å². The van der Waals surface area contributed by atoms with E-state index in [-0.39, 0.29) is 16.8 Å². The van der Waals surface area contributed by atoms with Crippen LogP contribution in [0.5, 0.6) is 17.2 Å². The summed E-state index contributed by atoms with van der Waals surface area (Å²) in [6.45, 7) is 2.56. The topological polar surface area (TPSA) is 44.5 Å². The molecular formula is C17H17ClFNO2. The van der Waals surface area contributed by atoms with Gasteiger partial charge in [-0.2, -0.15) is 0 Å². The molecule has 0 radical (unpaired) electrons. The van der Waals surface area contributed by atoms with Gasteiger partial charge in [-0.05, 0) is 30.7 Å². The Morgan fingerprint density at radius 1 is 1.36 bits per heavy atom. The second-order valence-electron chi connectivity index (χ2n) is 5.26. The van der Waals surface area contributed by atoms with Crippen molar-refractivity contribution in [2.75, 3.05) is 6.61 Å². The summed E-state index contributed by atoms with van der Waals surface area (Å²) in [7, 11) is 0. The summed E-state index contributed by atoms with van der Waals surface area (Å²) in [5.74, 6) is 0.897. The summed E-state index contributed by atoms with van der Waals surface area (Å²) in [5.41, 5.74) is 7.39. The molecule has 22 heavy (non-hydrogen) atoms. The van der Waals surface area contributed by atoms with Gasteiger partial charge in [0.15, 0.2) is 11.6 Å². The Hall–Kier alpha value is -1.78. The Morgan fingerprint density at radius 3 is 2.95 bits per heavy atom. The lowest BCUT2D eigenvalue weighted by molar-refractivity contribution is 0.356. The number of nitrogens with two attached hydrogens (primary N) is 1. The fourth-order valence-corrected chi connectivity index (χ4v) is 2.68. The van der Waals surface area contributed by atoms with Crippen LogP contribution in [0.1, 0.15) is 30.5 Å². The van der Waals surface area contributed by atoms with Gasteiger partial charge in [0.2, 0.25) is 0 Å². The van der Waals surface area contributed by atoms with Gasteiger partial charge < -0.3 is 15.2 Å². The number of hydrogen-bond acceptors (Lipinski definition) is 3. The highest BCUT2D eigenvalue weighted by molar-refractivity contribution is 6.32. The molecule has 1 atom stereocenters. The lowest BCUT2D eigenvalue weighted by Crippen LogP contribution is -2.11. The molecule has 0 fully saturated rings. The van der Waals surface area contributed by atoms with Gasteiger partial charge in [0.05, 0.1) is 11.6 Å². The summed E-state index contributed by atoms with van der Waals surface area (Å²) in [5, 5.41) is 0.223. The zero-order valence-corrected chi connectivity index (χ0v) is 13.0. The van der Waals surface area contributed by atoms with Crippen LogP contribution in [0.2, 0.25) is 5.02 Å². The van der Waals surface area contributed by atoms with Crippen LogP contribution in [0.25, 0.3) is 0 Å². The maximum atomic E-state index is 14.6. The van der Waals surface area contributed by atoms with Crippen LogP contribution in [0.4, 0.5) is 4.39 Å². The van der Waals surface area contributed by atoms with Gasteiger partial charge in [0.25, 0.3) is 0 Å². The molecule has 0 unspecified atom stereocenters. The first-order valence-corrected chi connectivity index (χ1v) is 7.65. The first-order chi connectivity index (χ1) is 10.6. The quantitative estimate of drug-likeness (QED) is 0.894. The van der Waals surface area contributed by atoms with E-state index in [1.54, 1.807) is 18.2 Å². The van der Waals surface area contributed by atoms with Crippen molar-refractivity contribution in [1.29, 1.82) is 0 Å². The van der Waals surface area contributed by atoms with Crippen LogP contribution in [-0.2, 0) is 6.42 Å². The highest BCUT2D eigenvalue weighted by Crippen LogP contribution is 2.37. The third-order valence-electron chi connectivity index (χ3n) is 3.80. The molecule has 0 aromatic heterocycles. The number of benzene rings is 2. The van der Waals surface area contributed by atoms with Gasteiger partial charge in [-0.1, -0.05) is 24.6 Å². The van der Waals surface area contributed by atoms with Gasteiger partial charge in [0.1, 0.15) is 11.5 Å². The minimum atomic E-state index is -0.501. The van der Waals surface area contributed by atoms with Gasteiger partial charge in [-0.25, -0.2) is 4.39 Å². The van der Waals surface area contributed by atoms with Crippen LogP contribution in [-0.4, -0.2) is 6.61 Å². The SMILES string of the molecule is CC[C@@H](N)c1ccc(Cl)c(Oc2ccc3c(c2)CCO3)c1F. The maximum Gasteiger partial charge on any atom is 0.181 e. The van der Waals surface area contributed by atoms with E-state index in [4.69, 9.17) is 26.8 Å². The Bertz CT molecular complexity index is 705. The molecule has 1 heterocycles. The molecule has 5 heteroatoms. The maximum absolute atomic E-state index is 14.6. The molecule has 0 amide bonds. The van der Waals surface area contributed by atoms with Crippen LogP contribution >= 0.6 is 11.6 Å². The number of hydrogen-bond donors (Lipinski definition) is 1. The Kier molecular flexibility index (Phi) is 4.23. The fourth-order valence-electron chi connectivity index (χ4n) is 2.49. The number of halogens is 2. The zero-order chi connectivity index (χ0) is 15.7. The zero-order valence-electron chi connectivity index (χ0n) is 12.2. The molecule has 3 rings (SSSR count). The predicted octanol–water partition coefficient (Wildman–Crippen LogP) is 4.62. The Labute approximate surface area is 133 Å². The van der Waals surface area contributed by atoms with Crippen molar-refractivity contribution in [2.45, 2.75) is 25.8 Å². The Balaban J connectivity index is 1.94. The molecule has 116 valence electrons. The molecule has 1 aliphatic heterocycles. The standard InChI is InChI=1S/C17H17ClFNO2/c1-2-14(20)12-4-5-13(18)17(16(12)19)22-11-3-6-15-10(9-11)7-8-21-15/h3-6,9,14H,2,7-8,20H2,1H3/t14-/m1/s1. The molecule has 3 nitrogen and oxygen atoms in total. The summed E-state index contributed by atoms with van der Waals surface area (Å²) in [6, 6.07) is 8.26. The van der Waals surface area contributed by atoms with Gasteiger partial charge in [0, 0.05) is 23.6 Å². The average Bonchev–Trinajstić information content (AvgIpc) is 2.98. The second-order valence-corrected chi connectivity index (χ2v) is 5.67. The van der Waals surface area contributed by atoms with Gasteiger partial charge in [-0.3, -0.25) is 0 Å². The first-order valence-electron chi connectivity index (χ1n) is 7.27. The summed E-state index contributed by atoms with van der Waals surface area (Å²) in [6.07, 6.45) is 1.46. The van der Waals surface area contributed by atoms with Crippen molar-refractivity contribution >= 4 is 11.6 Å². The first kappa shape index (κ1) is 15.1. The van der Waals surface area contributed by atoms with Crippen LogP contribution < -0.4 is 15.2 Å². The van der Waals surface area contributed by atoms with E-state index in [0.29, 0.717) is 24.3 Å². The summed E-state index contributed by atoms with van der Waals surface area (Å²) in [4.78, 5) is 0. The molecule has 2 N–H and O–H groups in total. The van der Waals surface area contributed by atoms with Crippen molar-refractivity contribution < 1.29 is 13.9 Å². The normalized spacial score (nSPS) is 14.4. The number of rotatable bonds is 4. The third-order valence-corrected chi connectivity index (χ3v) is 4.10. The molecular weight excluding hydrogens is 305 g/mol. The Morgan fingerprint density at radius 2 is 2.18 bits per heavy atom. The highest BCUT2D eigenvalue weighted by atomic mass is 35.5. The van der Waals surface area contributed by atoms with E-state index in [2.05, 4.69) is 0 Å². The van der Waals surface area contributed by atoms with E-state index in [9.17, 15) is 4.39 Å². The van der Waals surface area contributed by atoms with E-state index < -0.39 is 5.82 Å². The smallest absolute Gasteiger partial charge is 0.181 e. The van der Waals surface area contributed by atoms with E-state index in [1.165, 1.54) is 0 Å². The van der Waals surface area contributed by atoms with Crippen LogP contribution in [0, 0.1) is 5.82 Å². The van der Waals surface area contributed by atoms with Crippen molar-refractivity contribution in [3.05, 3.63) is 52.3 Å². The third kappa shape index (κ3) is 2.76. The van der Waals surface area contributed by atoms with Crippen LogP contribution in [0.3, 0.4) is 0 Å². The molecule has 0 spiro atoms. The van der Waals surface area contributed by atoms with Crippen molar-refractivity contribution in [2.24, 2.45) is 5.73 Å². The lowest BCUT2D eigenvalue weighted by atomic mass is 10.0. The molecule has 2 aromatic carbocycles. The average molecular weight is 322 g/mol. The monoisotopic (exact) mass is 321 g/mol. The molecule has 0 saturated heterocycles. The summed E-state index contributed by atoms with van der Waals surface area (Å²) < 4.78 is 25.7. The fraction of sp³-hybridized carbons (Fsp3) is 0.294. The lowest BCUT2D eigenvalue weighted by Gasteiger charge is -2.15. The molecule has 0 saturated carbocycles. The van der Waals surface area contributed by atoms with Gasteiger partial charge in [-0.15, -0.1) is 0 Å². The highest BCUT2D eigenvalue weighted by Gasteiger charge is 2.19. The largest absolute Gasteiger partial charge is 0.493 e. The van der Waals surface area contributed by atoms with E-state index >= 15 is 0 Å². The minimum Gasteiger partial charge on any atom is -0.493 e. The minimum absolute atomic E-state index is 0.0157. The van der Waals surface area contributed by atoms with E-state index in [1.807, 2.05) is 19.1 Å². The molecule has 2 aromatic rings. The molecule has 0 aliphatic carbocycles. The van der Waals surface area contributed by atoms with Crippen molar-refractivity contribution in [3.63, 3.8) is 0 Å². The van der Waals surface area contributed by atoms with Crippen molar-refractivity contribution in [3.8, 4) is 17.2 Å². The van der Waals surface area contributed by atoms with E-state index in [0.717, 1.165) is 17.7 Å². The van der Waals surface area contributed by atoms with Gasteiger partial charge >= 0.3 is 0 Å².